The molecule has 1 amide bonds. The lowest BCUT2D eigenvalue weighted by Crippen LogP contribution is -2.32. The Morgan fingerprint density at radius 2 is 1.86 bits per heavy atom. The number of carbonyl (C=O) groups is 1. The molecule has 3 aromatic rings. The predicted molar refractivity (Wildman–Crippen MR) is 155 cm³/mol. The highest BCUT2D eigenvalue weighted by Crippen LogP contribution is 2.61. The Labute approximate surface area is 238 Å². The maximum absolute atomic E-state index is 13.9. The van der Waals surface area contributed by atoms with Gasteiger partial charge in [-0.05, 0) is 103 Å². The molecule has 1 fully saturated rings. The van der Waals surface area contributed by atoms with Gasteiger partial charge in [0.1, 0.15) is 0 Å². The Bertz CT molecular complexity index is 1300. The highest BCUT2D eigenvalue weighted by Gasteiger charge is 2.52. The molecular formula is C31H33ClINO3. The van der Waals surface area contributed by atoms with Gasteiger partial charge in [0.2, 0.25) is 0 Å². The smallest absolute Gasteiger partial charge is 0.256 e. The van der Waals surface area contributed by atoms with Crippen molar-refractivity contribution >= 4 is 40.1 Å². The second kappa shape index (κ2) is 10.3. The summed E-state index contributed by atoms with van der Waals surface area (Å²) >= 11 is 8.71. The second-order valence-corrected chi connectivity index (χ2v) is 12.6. The number of rotatable bonds is 9. The lowest BCUT2D eigenvalue weighted by molar-refractivity contribution is -0.115. The van der Waals surface area contributed by atoms with E-state index in [9.17, 15) is 9.90 Å². The second-order valence-electron chi connectivity index (χ2n) is 11.0. The highest BCUT2D eigenvalue weighted by molar-refractivity contribution is 14.1. The van der Waals surface area contributed by atoms with E-state index < -0.39 is 11.8 Å². The molecule has 2 atom stereocenters. The number of hydrogen-bond donors (Lipinski definition) is 1. The van der Waals surface area contributed by atoms with E-state index in [2.05, 4.69) is 59.8 Å². The molecule has 6 heteroatoms. The third kappa shape index (κ3) is 5.47. The summed E-state index contributed by atoms with van der Waals surface area (Å²) in [5, 5.41) is 11.3. The van der Waals surface area contributed by atoms with E-state index in [0.29, 0.717) is 22.7 Å². The summed E-state index contributed by atoms with van der Waals surface area (Å²) in [6.07, 6.45) is 3.62. The third-order valence-electron chi connectivity index (χ3n) is 7.68. The van der Waals surface area contributed by atoms with Gasteiger partial charge in [0.25, 0.3) is 5.91 Å². The van der Waals surface area contributed by atoms with Crippen LogP contribution in [0.2, 0.25) is 5.02 Å². The van der Waals surface area contributed by atoms with Gasteiger partial charge in [-0.1, -0.05) is 61.3 Å². The zero-order valence-corrected chi connectivity index (χ0v) is 24.4. The summed E-state index contributed by atoms with van der Waals surface area (Å²) in [5.41, 5.74) is 3.27. The molecule has 194 valence electrons. The van der Waals surface area contributed by atoms with Crippen molar-refractivity contribution in [2.75, 3.05) is 0 Å². The molecule has 2 unspecified atom stereocenters. The summed E-state index contributed by atoms with van der Waals surface area (Å²) in [7, 11) is 0. The van der Waals surface area contributed by atoms with Gasteiger partial charge in [-0.3, -0.25) is 4.79 Å². The summed E-state index contributed by atoms with van der Waals surface area (Å²) in [4.78, 5) is 15.7. The summed E-state index contributed by atoms with van der Waals surface area (Å²) < 4.78 is 8.20. The number of amides is 1. The molecule has 1 aliphatic heterocycles. The largest absolute Gasteiger partial charge is 0.386 e. The van der Waals surface area contributed by atoms with Crippen LogP contribution in [0.3, 0.4) is 0 Å². The molecule has 0 bridgehead atoms. The van der Waals surface area contributed by atoms with Gasteiger partial charge in [0.15, 0.2) is 6.23 Å². The van der Waals surface area contributed by atoms with Crippen molar-refractivity contribution in [3.05, 3.63) is 103 Å². The zero-order valence-electron chi connectivity index (χ0n) is 21.5. The van der Waals surface area contributed by atoms with E-state index in [4.69, 9.17) is 16.3 Å². The molecule has 1 N–H and O–H groups in total. The first-order valence-corrected chi connectivity index (χ1v) is 14.4. The number of carbonyl (C=O) groups excluding carboxylic acids is 1. The van der Waals surface area contributed by atoms with Crippen molar-refractivity contribution in [1.29, 1.82) is 0 Å². The van der Waals surface area contributed by atoms with Gasteiger partial charge in [0.05, 0.1) is 11.7 Å². The van der Waals surface area contributed by atoms with Crippen LogP contribution in [0.25, 0.3) is 0 Å². The normalized spacial score (nSPS) is 19.1. The fourth-order valence-electron chi connectivity index (χ4n) is 5.53. The Morgan fingerprint density at radius 1 is 1.14 bits per heavy atom. The van der Waals surface area contributed by atoms with Gasteiger partial charge in [-0.25, -0.2) is 0 Å². The molecule has 0 spiro atoms. The fourth-order valence-corrected chi connectivity index (χ4v) is 6.09. The quantitative estimate of drug-likeness (QED) is 0.243. The minimum Gasteiger partial charge on any atom is -0.386 e. The number of ether oxygens (including phenoxy) is 1. The van der Waals surface area contributed by atoms with E-state index in [1.807, 2.05) is 41.3 Å². The number of nitrogens with zero attached hydrogens (tertiary/aromatic N) is 1. The predicted octanol–water partition coefficient (Wildman–Crippen LogP) is 8.16. The third-order valence-corrected chi connectivity index (χ3v) is 8.63. The van der Waals surface area contributed by atoms with Gasteiger partial charge >= 0.3 is 0 Å². The van der Waals surface area contributed by atoms with Gasteiger partial charge in [0, 0.05) is 31.7 Å². The fraction of sp³-hybridized carbons (Fsp3) is 0.387. The van der Waals surface area contributed by atoms with Crippen molar-refractivity contribution in [1.82, 2.24) is 4.90 Å². The summed E-state index contributed by atoms with van der Waals surface area (Å²) in [5.74, 6) is -0.0742. The number of halogens is 2. The van der Waals surface area contributed by atoms with Gasteiger partial charge in [-0.2, -0.15) is 0 Å². The van der Waals surface area contributed by atoms with Crippen molar-refractivity contribution in [3.8, 4) is 0 Å². The van der Waals surface area contributed by atoms with Crippen molar-refractivity contribution in [3.63, 3.8) is 0 Å². The Balaban J connectivity index is 1.57. The van der Waals surface area contributed by atoms with E-state index in [1.165, 1.54) is 0 Å². The van der Waals surface area contributed by atoms with E-state index >= 15 is 0 Å². The minimum atomic E-state index is -1.04. The van der Waals surface area contributed by atoms with Crippen molar-refractivity contribution < 1.29 is 14.6 Å². The average molecular weight is 630 g/mol. The monoisotopic (exact) mass is 629 g/mol. The summed E-state index contributed by atoms with van der Waals surface area (Å²) in [6, 6.07) is 21.9. The molecule has 3 aromatic carbocycles. The van der Waals surface area contributed by atoms with Gasteiger partial charge < -0.3 is 14.7 Å². The van der Waals surface area contributed by atoms with Crippen LogP contribution >= 0.6 is 34.2 Å². The van der Waals surface area contributed by atoms with Crippen molar-refractivity contribution in [2.45, 2.75) is 70.9 Å². The lowest BCUT2D eigenvalue weighted by atomic mass is 9.88. The SMILES string of the molecule is CCCC1(C(OC2c3ccc(C(C)(C)O)cc3C(=O)N2Cc2ccc(I)cc2)c2cccc(Cl)c2)CC1. The molecule has 1 saturated carbocycles. The number of benzene rings is 3. The van der Waals surface area contributed by atoms with Crippen LogP contribution in [0.4, 0.5) is 0 Å². The molecule has 1 heterocycles. The van der Waals surface area contributed by atoms with Crippen molar-refractivity contribution in [2.24, 2.45) is 5.41 Å². The topological polar surface area (TPSA) is 49.8 Å². The first-order valence-electron chi connectivity index (χ1n) is 12.9. The van der Waals surface area contributed by atoms with E-state index in [0.717, 1.165) is 45.9 Å². The number of fused-ring (bicyclic) bond motifs is 1. The first-order chi connectivity index (χ1) is 17.6. The van der Waals surface area contributed by atoms with Crippen LogP contribution in [0, 0.1) is 8.99 Å². The van der Waals surface area contributed by atoms with Crippen LogP contribution in [-0.4, -0.2) is 15.9 Å². The molecule has 0 radical (unpaired) electrons. The van der Waals surface area contributed by atoms with Crippen LogP contribution in [0.1, 0.15) is 91.4 Å². The molecule has 1 aliphatic carbocycles. The Kier molecular flexibility index (Phi) is 7.44. The van der Waals surface area contributed by atoms with Crippen LogP contribution in [0.5, 0.6) is 0 Å². The molecular weight excluding hydrogens is 597 g/mol. The number of hydrogen-bond acceptors (Lipinski definition) is 3. The minimum absolute atomic E-state index is 0.0484. The lowest BCUT2D eigenvalue weighted by Gasteiger charge is -2.34. The van der Waals surface area contributed by atoms with Crippen LogP contribution in [0.15, 0.2) is 66.7 Å². The van der Waals surface area contributed by atoms with Crippen LogP contribution < -0.4 is 0 Å². The zero-order chi connectivity index (χ0) is 26.4. The average Bonchev–Trinajstić information content (AvgIpc) is 3.59. The summed E-state index contributed by atoms with van der Waals surface area (Å²) in [6.45, 7) is 6.13. The van der Waals surface area contributed by atoms with Gasteiger partial charge in [-0.15, -0.1) is 0 Å². The van der Waals surface area contributed by atoms with E-state index in [-0.39, 0.29) is 17.4 Å². The number of aliphatic hydroxyl groups is 1. The maximum Gasteiger partial charge on any atom is 0.256 e. The molecule has 37 heavy (non-hydrogen) atoms. The standard InChI is InChI=1S/C31H33ClINO3/c1-4-14-31(15-16-31)27(21-6-5-7-23(32)17-21)37-29-25-13-10-22(30(2,3)36)18-26(25)28(35)34(29)19-20-8-11-24(33)12-9-20/h5-13,17-18,27,29,36H,4,14-16,19H2,1-3H3. The molecule has 4 nitrogen and oxygen atoms in total. The Morgan fingerprint density at radius 3 is 2.49 bits per heavy atom. The Hall–Kier alpha value is -1.93. The molecule has 2 aliphatic rings. The van der Waals surface area contributed by atoms with Crippen LogP contribution in [-0.2, 0) is 16.9 Å². The highest BCUT2D eigenvalue weighted by atomic mass is 127. The maximum atomic E-state index is 13.9. The van der Waals surface area contributed by atoms with E-state index in [1.54, 1.807) is 13.8 Å². The first kappa shape index (κ1) is 26.7. The molecule has 0 aromatic heterocycles. The molecule has 0 saturated heterocycles. The molecule has 5 rings (SSSR count).